The van der Waals surface area contributed by atoms with Gasteiger partial charge in [-0.25, -0.2) is 0 Å². The van der Waals surface area contributed by atoms with Crippen molar-refractivity contribution in [3.05, 3.63) is 86.6 Å². The van der Waals surface area contributed by atoms with Crippen LogP contribution in [0.3, 0.4) is 0 Å². The van der Waals surface area contributed by atoms with Crippen LogP contribution in [0.5, 0.6) is 0 Å². The minimum atomic E-state index is -0.237. The van der Waals surface area contributed by atoms with Crippen LogP contribution in [-0.4, -0.2) is 38.2 Å². The van der Waals surface area contributed by atoms with E-state index in [0.717, 1.165) is 55.6 Å². The summed E-state index contributed by atoms with van der Waals surface area (Å²) in [5, 5.41) is 17.4. The molecule has 3 aliphatic rings. The molecule has 7 rings (SSSR count). The highest BCUT2D eigenvalue weighted by Crippen LogP contribution is 2.50. The summed E-state index contributed by atoms with van der Waals surface area (Å²) < 4.78 is 0. The Labute approximate surface area is 225 Å². The van der Waals surface area contributed by atoms with E-state index in [1.807, 2.05) is 6.07 Å². The maximum atomic E-state index is 13.5. The zero-order valence-electron chi connectivity index (χ0n) is 22.1. The van der Waals surface area contributed by atoms with Gasteiger partial charge in [-0.15, -0.1) is 0 Å². The second kappa shape index (κ2) is 8.35. The molecular weight excluding hydrogens is 488 g/mol. The lowest BCUT2D eigenvalue weighted by molar-refractivity contribution is 0.187. The smallest absolute Gasteiger partial charge is 0.264 e. The summed E-state index contributed by atoms with van der Waals surface area (Å²) >= 11 is 0. The van der Waals surface area contributed by atoms with Crippen LogP contribution in [0, 0.1) is 22.2 Å². The van der Waals surface area contributed by atoms with Gasteiger partial charge in [0.1, 0.15) is 17.1 Å². The Kier molecular flexibility index (Phi) is 5.10. The van der Waals surface area contributed by atoms with Crippen molar-refractivity contribution >= 4 is 22.6 Å². The van der Waals surface area contributed by atoms with Crippen molar-refractivity contribution in [1.82, 2.24) is 25.1 Å². The number of nitrogens with two attached hydrogens (primary N) is 1. The van der Waals surface area contributed by atoms with E-state index in [2.05, 4.69) is 75.3 Å². The van der Waals surface area contributed by atoms with Gasteiger partial charge in [-0.2, -0.15) is 15.3 Å². The van der Waals surface area contributed by atoms with Gasteiger partial charge in [0.2, 0.25) is 5.95 Å². The average molecular weight is 519 g/mol. The summed E-state index contributed by atoms with van der Waals surface area (Å²) in [5.74, 6) is 0.549. The van der Waals surface area contributed by atoms with Crippen molar-refractivity contribution in [2.75, 3.05) is 18.0 Å². The Morgan fingerprint density at radius 3 is 2.74 bits per heavy atom. The summed E-state index contributed by atoms with van der Waals surface area (Å²) in [4.78, 5) is 28.0. The van der Waals surface area contributed by atoms with Gasteiger partial charge in [-0.05, 0) is 53.7 Å². The van der Waals surface area contributed by atoms with E-state index in [1.54, 1.807) is 6.20 Å². The molecule has 0 radical (unpaired) electrons. The number of anilines is 1. The number of nitriles is 1. The molecule has 1 fully saturated rings. The predicted octanol–water partition coefficient (Wildman–Crippen LogP) is 3.77. The average Bonchev–Trinajstić information content (AvgIpc) is 3.47. The number of nitrogens with one attached hydrogen (secondary N) is 2. The zero-order chi connectivity index (χ0) is 26.9. The molecule has 0 bridgehead atoms. The summed E-state index contributed by atoms with van der Waals surface area (Å²) in [5.41, 5.74) is 13.0. The normalized spacial score (nSPS) is 20.9. The predicted molar refractivity (Wildman–Crippen MR) is 149 cm³/mol. The number of pyridine rings is 1. The summed E-state index contributed by atoms with van der Waals surface area (Å²) in [6.07, 6.45) is 7.33. The molecule has 0 amide bonds. The number of allylic oxidation sites excluding steroid dienone is 1. The van der Waals surface area contributed by atoms with Gasteiger partial charge < -0.3 is 10.6 Å². The fraction of sp³-hybridized carbons (Fsp3) is 0.367. The Morgan fingerprint density at radius 1 is 1.18 bits per heavy atom. The molecule has 0 unspecified atom stereocenters. The number of nitrogens with zero attached hydrogens (tertiary/aromatic N) is 5. The van der Waals surface area contributed by atoms with Crippen LogP contribution in [0.2, 0.25) is 0 Å². The zero-order valence-corrected chi connectivity index (χ0v) is 22.1. The van der Waals surface area contributed by atoms with Crippen molar-refractivity contribution in [3.8, 4) is 6.07 Å². The number of H-pyrrole nitrogens is 2. The van der Waals surface area contributed by atoms with E-state index in [-0.39, 0.29) is 22.4 Å². The fourth-order valence-corrected chi connectivity index (χ4v) is 6.82. The van der Waals surface area contributed by atoms with E-state index in [4.69, 9.17) is 10.7 Å². The molecule has 4 aromatic rings. The molecule has 3 aromatic heterocycles. The SMILES string of the molecule is CC1(C)C=C(c2n[nH]c3nc(N4CCC5(CC4)Cc4ccccc4[C@H]5N)[nH]c(=O)c23)c2cc(C#N)cnc2C1. The highest BCUT2D eigenvalue weighted by Gasteiger charge is 2.46. The maximum Gasteiger partial charge on any atom is 0.264 e. The molecule has 9 heteroatoms. The first-order valence-corrected chi connectivity index (χ1v) is 13.5. The number of fused-ring (bicyclic) bond motifs is 3. The van der Waals surface area contributed by atoms with Crippen molar-refractivity contribution in [3.63, 3.8) is 0 Å². The lowest BCUT2D eigenvalue weighted by Gasteiger charge is -2.42. The van der Waals surface area contributed by atoms with Gasteiger partial charge >= 0.3 is 0 Å². The molecule has 4 N–H and O–H groups in total. The molecule has 196 valence electrons. The fourth-order valence-electron chi connectivity index (χ4n) is 6.82. The maximum absolute atomic E-state index is 13.5. The number of piperidine rings is 1. The number of aromatic nitrogens is 5. The first kappa shape index (κ1) is 23.8. The molecule has 1 aliphatic heterocycles. The number of hydrogen-bond acceptors (Lipinski definition) is 7. The van der Waals surface area contributed by atoms with Gasteiger partial charge in [0.05, 0.1) is 5.56 Å². The van der Waals surface area contributed by atoms with E-state index in [9.17, 15) is 10.1 Å². The summed E-state index contributed by atoms with van der Waals surface area (Å²) in [6.45, 7) is 5.80. The molecular formula is C30H30N8O. The minimum Gasteiger partial charge on any atom is -0.342 e. The van der Waals surface area contributed by atoms with Crippen molar-refractivity contribution in [2.45, 2.75) is 45.6 Å². The van der Waals surface area contributed by atoms with Crippen molar-refractivity contribution < 1.29 is 0 Å². The number of rotatable bonds is 2. The third kappa shape index (κ3) is 3.70. The number of aromatic amines is 2. The van der Waals surface area contributed by atoms with Crippen molar-refractivity contribution in [1.29, 1.82) is 5.26 Å². The first-order valence-electron chi connectivity index (χ1n) is 13.5. The highest BCUT2D eigenvalue weighted by molar-refractivity contribution is 5.94. The summed E-state index contributed by atoms with van der Waals surface area (Å²) in [6, 6.07) is 12.5. The Hall–Kier alpha value is -4.29. The molecule has 1 atom stereocenters. The molecule has 39 heavy (non-hydrogen) atoms. The van der Waals surface area contributed by atoms with E-state index in [0.29, 0.717) is 28.2 Å². The van der Waals surface area contributed by atoms with E-state index >= 15 is 0 Å². The number of hydrogen-bond donors (Lipinski definition) is 3. The topological polar surface area (TPSA) is 140 Å². The second-order valence-electron chi connectivity index (χ2n) is 11.9. The lowest BCUT2D eigenvalue weighted by Crippen LogP contribution is -2.45. The molecule has 2 aliphatic carbocycles. The third-order valence-corrected chi connectivity index (χ3v) is 8.87. The molecule has 1 saturated heterocycles. The van der Waals surface area contributed by atoms with Crippen molar-refractivity contribution in [2.24, 2.45) is 16.6 Å². The molecule has 1 aromatic carbocycles. The molecule has 0 saturated carbocycles. The van der Waals surface area contributed by atoms with Gasteiger partial charge in [-0.1, -0.05) is 44.2 Å². The van der Waals surface area contributed by atoms with Gasteiger partial charge in [0.25, 0.3) is 5.56 Å². The molecule has 4 heterocycles. The van der Waals surface area contributed by atoms with Crippen LogP contribution in [0.4, 0.5) is 5.95 Å². The minimum absolute atomic E-state index is 0.0347. The quantitative estimate of drug-likeness (QED) is 0.367. The first-order chi connectivity index (χ1) is 18.8. The van der Waals surface area contributed by atoms with Crippen LogP contribution >= 0.6 is 0 Å². The number of benzene rings is 1. The van der Waals surface area contributed by atoms with E-state index in [1.165, 1.54) is 11.1 Å². The molecule has 9 nitrogen and oxygen atoms in total. The van der Waals surface area contributed by atoms with Crippen LogP contribution in [0.15, 0.2) is 47.4 Å². The monoisotopic (exact) mass is 518 g/mol. The van der Waals surface area contributed by atoms with Crippen LogP contribution < -0.4 is 16.2 Å². The Balaban J connectivity index is 1.21. The largest absolute Gasteiger partial charge is 0.342 e. The molecule has 1 spiro atoms. The van der Waals surface area contributed by atoms with E-state index < -0.39 is 0 Å². The summed E-state index contributed by atoms with van der Waals surface area (Å²) in [7, 11) is 0. The highest BCUT2D eigenvalue weighted by atomic mass is 16.1. The third-order valence-electron chi connectivity index (χ3n) is 8.87. The second-order valence-corrected chi connectivity index (χ2v) is 11.9. The van der Waals surface area contributed by atoms with Crippen LogP contribution in [-0.2, 0) is 12.8 Å². The van der Waals surface area contributed by atoms with Gasteiger partial charge in [0.15, 0.2) is 5.65 Å². The Morgan fingerprint density at radius 2 is 1.97 bits per heavy atom. The van der Waals surface area contributed by atoms with Crippen LogP contribution in [0.25, 0.3) is 16.6 Å². The van der Waals surface area contributed by atoms with Gasteiger partial charge in [-0.3, -0.25) is 19.9 Å². The Bertz CT molecular complexity index is 1760. The standard InChI is InChI=1S/C30H30N8O/c1-29(2)13-21(20-11-17(15-31)16-33-22(20)14-29)24-23-26(37-36-24)34-28(35-27(23)39)38-9-7-30(8-10-38)12-18-5-3-4-6-19(18)25(30)32/h3-6,11,13,16,25H,7-10,12,14,32H2,1-2H3,(H2,34,35,36,37,39)/t25-/m1/s1. The van der Waals surface area contributed by atoms with Crippen LogP contribution in [0.1, 0.15) is 66.4 Å². The van der Waals surface area contributed by atoms with Gasteiger partial charge in [0, 0.05) is 42.2 Å². The lowest BCUT2D eigenvalue weighted by atomic mass is 9.73.